The molecule has 20 heavy (non-hydrogen) atoms. The first-order valence-electron chi connectivity index (χ1n) is 7.24. The van der Waals surface area contributed by atoms with Crippen LogP contribution in [0, 0.1) is 0 Å². The Hall–Kier alpha value is -1.23. The van der Waals surface area contributed by atoms with E-state index in [-0.39, 0.29) is 0 Å². The van der Waals surface area contributed by atoms with E-state index in [1.807, 2.05) is 6.07 Å². The van der Waals surface area contributed by atoms with E-state index in [2.05, 4.69) is 46.9 Å². The molecule has 0 bridgehead atoms. The highest BCUT2D eigenvalue weighted by molar-refractivity contribution is 7.13. The van der Waals surface area contributed by atoms with Crippen LogP contribution in [0.3, 0.4) is 0 Å². The molecule has 0 amide bonds. The van der Waals surface area contributed by atoms with Crippen LogP contribution >= 0.6 is 11.3 Å². The predicted octanol–water partition coefficient (Wildman–Crippen LogP) is 2.99. The summed E-state index contributed by atoms with van der Waals surface area (Å²) < 4.78 is 0. The van der Waals surface area contributed by atoms with E-state index in [9.17, 15) is 0 Å². The number of piperidine rings is 1. The molecular formula is C16H21N3S. The first kappa shape index (κ1) is 13.7. The van der Waals surface area contributed by atoms with Crippen molar-refractivity contribution < 1.29 is 0 Å². The zero-order valence-electron chi connectivity index (χ0n) is 11.9. The molecule has 1 atom stereocenters. The van der Waals surface area contributed by atoms with Gasteiger partial charge in [0.05, 0.1) is 5.69 Å². The minimum absolute atomic E-state index is 0.635. The molecule has 1 saturated heterocycles. The molecule has 1 N–H and O–H groups in total. The number of likely N-dealkylation sites (tertiary alicyclic amines) is 1. The number of likely N-dealkylation sites (N-methyl/N-ethyl adjacent to an activating group) is 1. The summed E-state index contributed by atoms with van der Waals surface area (Å²) in [5.74, 6) is 0. The van der Waals surface area contributed by atoms with Crippen molar-refractivity contribution in [1.29, 1.82) is 0 Å². The minimum atomic E-state index is 0.635. The Morgan fingerprint density at radius 3 is 3.00 bits per heavy atom. The highest BCUT2D eigenvalue weighted by Gasteiger charge is 2.19. The van der Waals surface area contributed by atoms with Crippen LogP contribution in [0.1, 0.15) is 18.5 Å². The molecule has 1 aromatic heterocycles. The van der Waals surface area contributed by atoms with Gasteiger partial charge in [-0.05, 0) is 26.4 Å². The van der Waals surface area contributed by atoms with Gasteiger partial charge in [-0.3, -0.25) is 4.90 Å². The first-order chi connectivity index (χ1) is 9.85. The maximum absolute atomic E-state index is 4.78. The van der Waals surface area contributed by atoms with Crippen LogP contribution in [-0.2, 0) is 6.54 Å². The minimum Gasteiger partial charge on any atom is -0.316 e. The smallest absolute Gasteiger partial charge is 0.123 e. The van der Waals surface area contributed by atoms with E-state index in [4.69, 9.17) is 4.98 Å². The van der Waals surface area contributed by atoms with Gasteiger partial charge < -0.3 is 5.32 Å². The standard InChI is InChI=1S/C16H21N3S/c1-17-14-8-5-9-19(10-14)11-15-12-20-16(18-15)13-6-3-2-4-7-13/h2-4,6-7,12,14,17H,5,8-11H2,1H3. The van der Waals surface area contributed by atoms with E-state index in [0.29, 0.717) is 6.04 Å². The summed E-state index contributed by atoms with van der Waals surface area (Å²) in [5.41, 5.74) is 2.42. The summed E-state index contributed by atoms with van der Waals surface area (Å²) in [7, 11) is 2.06. The van der Waals surface area contributed by atoms with Crippen molar-refractivity contribution in [3.63, 3.8) is 0 Å². The van der Waals surface area contributed by atoms with E-state index < -0.39 is 0 Å². The fourth-order valence-corrected chi connectivity index (χ4v) is 3.57. The zero-order valence-corrected chi connectivity index (χ0v) is 12.7. The Morgan fingerprint density at radius 1 is 1.35 bits per heavy atom. The van der Waals surface area contributed by atoms with Gasteiger partial charge >= 0.3 is 0 Å². The number of nitrogens with one attached hydrogen (secondary N) is 1. The van der Waals surface area contributed by atoms with Gasteiger partial charge in [0.15, 0.2) is 0 Å². The molecule has 1 unspecified atom stereocenters. The molecule has 0 spiro atoms. The maximum Gasteiger partial charge on any atom is 0.123 e. The fraction of sp³-hybridized carbons (Fsp3) is 0.438. The average molecular weight is 287 g/mol. The van der Waals surface area contributed by atoms with Gasteiger partial charge in [-0.2, -0.15) is 0 Å². The normalized spacial score (nSPS) is 20.1. The summed E-state index contributed by atoms with van der Waals surface area (Å²) in [6, 6.07) is 11.1. The Morgan fingerprint density at radius 2 is 2.20 bits per heavy atom. The second kappa shape index (κ2) is 6.48. The summed E-state index contributed by atoms with van der Waals surface area (Å²) in [6.45, 7) is 3.30. The van der Waals surface area contributed by atoms with Crippen LogP contribution in [-0.4, -0.2) is 36.1 Å². The molecule has 0 saturated carbocycles. The fourth-order valence-electron chi connectivity index (χ4n) is 2.76. The third kappa shape index (κ3) is 3.26. The average Bonchev–Trinajstić information content (AvgIpc) is 2.97. The molecule has 1 aliphatic rings. The van der Waals surface area contributed by atoms with E-state index in [0.717, 1.165) is 18.1 Å². The molecule has 3 nitrogen and oxygen atoms in total. The molecule has 0 radical (unpaired) electrons. The number of rotatable bonds is 4. The third-order valence-corrected chi connectivity index (χ3v) is 4.81. The van der Waals surface area contributed by atoms with Gasteiger partial charge in [0, 0.05) is 30.1 Å². The van der Waals surface area contributed by atoms with Gasteiger partial charge in [0.25, 0.3) is 0 Å². The number of nitrogens with zero attached hydrogens (tertiary/aromatic N) is 2. The number of hydrogen-bond acceptors (Lipinski definition) is 4. The molecule has 1 fully saturated rings. The molecule has 3 rings (SSSR count). The summed E-state index contributed by atoms with van der Waals surface area (Å²) in [5, 5.41) is 6.72. The topological polar surface area (TPSA) is 28.2 Å². The highest BCUT2D eigenvalue weighted by atomic mass is 32.1. The Bertz CT molecular complexity index is 538. The van der Waals surface area contributed by atoms with Crippen LogP contribution in [0.15, 0.2) is 35.7 Å². The first-order valence-corrected chi connectivity index (χ1v) is 8.12. The van der Waals surface area contributed by atoms with E-state index in [1.165, 1.54) is 30.6 Å². The lowest BCUT2D eigenvalue weighted by Crippen LogP contribution is -2.43. The van der Waals surface area contributed by atoms with Crippen LogP contribution in [0.25, 0.3) is 10.6 Å². The monoisotopic (exact) mass is 287 g/mol. The Balaban J connectivity index is 1.65. The van der Waals surface area contributed by atoms with Gasteiger partial charge in [-0.25, -0.2) is 4.98 Å². The van der Waals surface area contributed by atoms with Crippen molar-refractivity contribution in [2.45, 2.75) is 25.4 Å². The lowest BCUT2D eigenvalue weighted by atomic mass is 10.1. The summed E-state index contributed by atoms with van der Waals surface area (Å²) >= 11 is 1.74. The Labute approximate surface area is 124 Å². The molecule has 1 aromatic carbocycles. The number of aromatic nitrogens is 1. The lowest BCUT2D eigenvalue weighted by Gasteiger charge is -2.31. The molecule has 4 heteroatoms. The lowest BCUT2D eigenvalue weighted by molar-refractivity contribution is 0.186. The summed E-state index contributed by atoms with van der Waals surface area (Å²) in [4.78, 5) is 7.29. The third-order valence-electron chi connectivity index (χ3n) is 3.87. The summed E-state index contributed by atoms with van der Waals surface area (Å²) in [6.07, 6.45) is 2.57. The zero-order chi connectivity index (χ0) is 13.8. The van der Waals surface area contributed by atoms with Crippen LogP contribution < -0.4 is 5.32 Å². The Kier molecular flexibility index (Phi) is 4.45. The second-order valence-electron chi connectivity index (χ2n) is 5.37. The van der Waals surface area contributed by atoms with Crippen LogP contribution in [0.5, 0.6) is 0 Å². The second-order valence-corrected chi connectivity index (χ2v) is 6.23. The van der Waals surface area contributed by atoms with Crippen molar-refractivity contribution in [2.75, 3.05) is 20.1 Å². The van der Waals surface area contributed by atoms with E-state index in [1.54, 1.807) is 11.3 Å². The molecule has 106 valence electrons. The molecular weight excluding hydrogens is 266 g/mol. The maximum atomic E-state index is 4.78. The van der Waals surface area contributed by atoms with Crippen molar-refractivity contribution >= 4 is 11.3 Å². The molecule has 2 aromatic rings. The van der Waals surface area contributed by atoms with Gasteiger partial charge in [0.2, 0.25) is 0 Å². The largest absolute Gasteiger partial charge is 0.316 e. The molecule has 2 heterocycles. The van der Waals surface area contributed by atoms with Crippen molar-refractivity contribution in [2.24, 2.45) is 0 Å². The van der Waals surface area contributed by atoms with E-state index >= 15 is 0 Å². The SMILES string of the molecule is CNC1CCCN(Cc2csc(-c3ccccc3)n2)C1. The number of benzene rings is 1. The van der Waals surface area contributed by atoms with Crippen LogP contribution in [0.2, 0.25) is 0 Å². The van der Waals surface area contributed by atoms with Crippen molar-refractivity contribution in [1.82, 2.24) is 15.2 Å². The highest BCUT2D eigenvalue weighted by Crippen LogP contribution is 2.24. The van der Waals surface area contributed by atoms with Gasteiger partial charge in [-0.1, -0.05) is 30.3 Å². The number of hydrogen-bond donors (Lipinski definition) is 1. The molecule has 1 aliphatic heterocycles. The van der Waals surface area contributed by atoms with Crippen LogP contribution in [0.4, 0.5) is 0 Å². The van der Waals surface area contributed by atoms with Crippen molar-refractivity contribution in [3.8, 4) is 10.6 Å². The molecule has 0 aliphatic carbocycles. The quantitative estimate of drug-likeness (QED) is 0.937. The predicted molar refractivity (Wildman–Crippen MR) is 84.9 cm³/mol. The van der Waals surface area contributed by atoms with Gasteiger partial charge in [0.1, 0.15) is 5.01 Å². The van der Waals surface area contributed by atoms with Gasteiger partial charge in [-0.15, -0.1) is 11.3 Å². The van der Waals surface area contributed by atoms with Crippen molar-refractivity contribution in [3.05, 3.63) is 41.4 Å². The number of thiazole rings is 1.